The molecule has 2 aromatic rings. The van der Waals surface area contributed by atoms with Gasteiger partial charge in [0.25, 0.3) is 5.56 Å². The highest BCUT2D eigenvalue weighted by atomic mass is 32.2. The van der Waals surface area contributed by atoms with Crippen LogP contribution in [0, 0.1) is 6.92 Å². The highest BCUT2D eigenvalue weighted by Gasteiger charge is 2.20. The number of ether oxygens (including phenoxy) is 1. The Balaban J connectivity index is 2.21. The predicted octanol–water partition coefficient (Wildman–Crippen LogP) is 0.837. The molecule has 3 heterocycles. The number of methoxy groups -OCH3 is 1. The Morgan fingerprint density at radius 2 is 2.09 bits per heavy atom. The minimum Gasteiger partial charge on any atom is -0.479 e. The van der Waals surface area contributed by atoms with E-state index < -0.39 is 9.84 Å². The Morgan fingerprint density at radius 3 is 2.73 bits per heavy atom. The lowest BCUT2D eigenvalue weighted by atomic mass is 10.1. The lowest BCUT2D eigenvalue weighted by Gasteiger charge is -2.14. The molecule has 0 saturated heterocycles. The minimum atomic E-state index is -3.01. The third kappa shape index (κ3) is 2.61. The van der Waals surface area contributed by atoms with Crippen molar-refractivity contribution in [3.8, 4) is 5.88 Å². The fourth-order valence-corrected chi connectivity index (χ4v) is 3.59. The summed E-state index contributed by atoms with van der Waals surface area (Å²) in [5.41, 5.74) is 1.48. The smallest absolute Gasteiger partial charge is 0.259 e. The molecule has 116 valence electrons. The lowest BCUT2D eigenvalue weighted by molar-refractivity contribution is 0.402. The maximum absolute atomic E-state index is 12.1. The number of H-pyrrole nitrogens is 1. The van der Waals surface area contributed by atoms with Crippen LogP contribution in [0.4, 0.5) is 0 Å². The van der Waals surface area contributed by atoms with Crippen LogP contribution in [-0.4, -0.2) is 42.0 Å². The van der Waals surface area contributed by atoms with Crippen molar-refractivity contribution in [3.63, 3.8) is 0 Å². The fraction of sp³-hybridized carbons (Fsp3) is 0.357. The number of hydrogen-bond acceptors (Lipinski definition) is 6. The van der Waals surface area contributed by atoms with E-state index in [4.69, 9.17) is 4.74 Å². The number of fused-ring (bicyclic) bond motifs is 1. The Hall–Kier alpha value is -2.22. The molecule has 0 aliphatic carbocycles. The molecule has 1 aliphatic rings. The molecule has 2 aromatic heterocycles. The van der Waals surface area contributed by atoms with Crippen molar-refractivity contribution >= 4 is 26.3 Å². The first-order chi connectivity index (χ1) is 10.4. The standard InChI is InChI=1S/C14H15N3O4S/c1-8-15-12-10(13(18)16-8)7-11(17-14(12)21-2)9-3-5-22(19,20)6-4-9/h3,7H,4-6H2,1-2H3,(H,15,16,18). The molecule has 0 unspecified atom stereocenters. The minimum absolute atomic E-state index is 0.00707. The van der Waals surface area contributed by atoms with Crippen molar-refractivity contribution in [1.82, 2.24) is 15.0 Å². The molecule has 1 aliphatic heterocycles. The Bertz CT molecular complexity index is 944. The van der Waals surface area contributed by atoms with Crippen LogP contribution in [0.15, 0.2) is 16.9 Å². The van der Waals surface area contributed by atoms with Gasteiger partial charge in [0.15, 0.2) is 9.84 Å². The second kappa shape index (κ2) is 5.20. The molecule has 22 heavy (non-hydrogen) atoms. The average Bonchev–Trinajstić information content (AvgIpc) is 2.46. The van der Waals surface area contributed by atoms with E-state index in [9.17, 15) is 13.2 Å². The largest absolute Gasteiger partial charge is 0.479 e. The van der Waals surface area contributed by atoms with Gasteiger partial charge in [-0.25, -0.2) is 18.4 Å². The number of aromatic amines is 1. The summed E-state index contributed by atoms with van der Waals surface area (Å²) in [4.78, 5) is 23.4. The summed E-state index contributed by atoms with van der Waals surface area (Å²) in [6.45, 7) is 1.68. The number of pyridine rings is 1. The van der Waals surface area contributed by atoms with Gasteiger partial charge in [-0.15, -0.1) is 0 Å². The molecule has 0 bridgehead atoms. The van der Waals surface area contributed by atoms with E-state index in [0.29, 0.717) is 28.8 Å². The summed E-state index contributed by atoms with van der Waals surface area (Å²) in [5, 5.41) is 0.377. The van der Waals surface area contributed by atoms with Crippen molar-refractivity contribution < 1.29 is 13.2 Å². The monoisotopic (exact) mass is 321 g/mol. The summed E-state index contributed by atoms with van der Waals surface area (Å²) < 4.78 is 28.2. The van der Waals surface area contributed by atoms with Gasteiger partial charge < -0.3 is 9.72 Å². The van der Waals surface area contributed by atoms with Crippen LogP contribution in [0.1, 0.15) is 17.9 Å². The molecule has 0 amide bonds. The van der Waals surface area contributed by atoms with Gasteiger partial charge in [0, 0.05) is 0 Å². The third-order valence-electron chi connectivity index (χ3n) is 3.57. The molecule has 3 rings (SSSR count). The van der Waals surface area contributed by atoms with Crippen molar-refractivity contribution in [2.45, 2.75) is 13.3 Å². The van der Waals surface area contributed by atoms with E-state index in [2.05, 4.69) is 15.0 Å². The molecule has 7 nitrogen and oxygen atoms in total. The number of allylic oxidation sites excluding steroid dienone is 1. The topological polar surface area (TPSA) is 102 Å². The van der Waals surface area contributed by atoms with Gasteiger partial charge in [-0.1, -0.05) is 6.08 Å². The molecule has 0 fully saturated rings. The fourth-order valence-electron chi connectivity index (χ4n) is 2.44. The Kier molecular flexibility index (Phi) is 3.48. The van der Waals surface area contributed by atoms with Gasteiger partial charge in [0.05, 0.1) is 29.7 Å². The first kappa shape index (κ1) is 14.7. The van der Waals surface area contributed by atoms with Crippen LogP contribution >= 0.6 is 0 Å². The molecule has 0 spiro atoms. The van der Waals surface area contributed by atoms with Gasteiger partial charge in [-0.05, 0) is 25.0 Å². The zero-order chi connectivity index (χ0) is 15.9. The number of aryl methyl sites for hydroxylation is 1. The van der Waals surface area contributed by atoms with E-state index in [1.54, 1.807) is 19.1 Å². The van der Waals surface area contributed by atoms with E-state index in [-0.39, 0.29) is 22.9 Å². The van der Waals surface area contributed by atoms with Crippen molar-refractivity contribution in [3.05, 3.63) is 34.0 Å². The third-order valence-corrected chi connectivity index (χ3v) is 5.07. The van der Waals surface area contributed by atoms with Gasteiger partial charge in [-0.3, -0.25) is 4.79 Å². The van der Waals surface area contributed by atoms with Crippen molar-refractivity contribution in [2.24, 2.45) is 0 Å². The number of nitrogens with one attached hydrogen (secondary N) is 1. The Morgan fingerprint density at radius 1 is 1.32 bits per heavy atom. The quantitative estimate of drug-likeness (QED) is 0.879. The van der Waals surface area contributed by atoms with Gasteiger partial charge in [-0.2, -0.15) is 0 Å². The normalized spacial score (nSPS) is 17.3. The van der Waals surface area contributed by atoms with E-state index in [1.165, 1.54) is 7.11 Å². The summed E-state index contributed by atoms with van der Waals surface area (Å²) >= 11 is 0. The van der Waals surface area contributed by atoms with Gasteiger partial charge in [0.1, 0.15) is 11.3 Å². The van der Waals surface area contributed by atoms with Crippen LogP contribution in [0.3, 0.4) is 0 Å². The maximum Gasteiger partial charge on any atom is 0.259 e. The summed E-state index contributed by atoms with van der Waals surface area (Å²) in [6.07, 6.45) is 2.02. The van der Waals surface area contributed by atoms with Crippen LogP contribution < -0.4 is 10.3 Å². The van der Waals surface area contributed by atoms with Gasteiger partial charge in [0.2, 0.25) is 5.88 Å². The highest BCUT2D eigenvalue weighted by Crippen LogP contribution is 2.27. The van der Waals surface area contributed by atoms with Crippen LogP contribution in [0.2, 0.25) is 0 Å². The summed E-state index contributed by atoms with van der Waals surface area (Å²) in [6, 6.07) is 1.63. The highest BCUT2D eigenvalue weighted by molar-refractivity contribution is 7.91. The molecule has 0 aromatic carbocycles. The number of hydrogen-bond donors (Lipinski definition) is 1. The SMILES string of the molecule is COc1nc(C2=CCS(=O)(=O)CC2)cc2c(=O)[nH]c(C)nc12. The van der Waals surface area contributed by atoms with Crippen LogP contribution in [-0.2, 0) is 9.84 Å². The van der Waals surface area contributed by atoms with E-state index >= 15 is 0 Å². The van der Waals surface area contributed by atoms with E-state index in [0.717, 1.165) is 5.57 Å². The molecule has 8 heteroatoms. The van der Waals surface area contributed by atoms with Crippen LogP contribution in [0.25, 0.3) is 16.5 Å². The second-order valence-corrected chi connectivity index (χ2v) is 7.39. The number of nitrogens with zero attached hydrogens (tertiary/aromatic N) is 2. The first-order valence-corrected chi connectivity index (χ1v) is 8.57. The number of sulfone groups is 1. The van der Waals surface area contributed by atoms with Crippen molar-refractivity contribution in [1.29, 1.82) is 0 Å². The number of aromatic nitrogens is 3. The molecular weight excluding hydrogens is 306 g/mol. The van der Waals surface area contributed by atoms with Crippen molar-refractivity contribution in [2.75, 3.05) is 18.6 Å². The lowest BCUT2D eigenvalue weighted by Crippen LogP contribution is -2.16. The number of rotatable bonds is 2. The van der Waals surface area contributed by atoms with Crippen LogP contribution in [0.5, 0.6) is 5.88 Å². The molecule has 0 atom stereocenters. The van der Waals surface area contributed by atoms with E-state index in [1.807, 2.05) is 0 Å². The summed E-state index contributed by atoms with van der Waals surface area (Å²) in [5.74, 6) is 0.820. The molecule has 0 radical (unpaired) electrons. The zero-order valence-corrected chi connectivity index (χ0v) is 13.0. The predicted molar refractivity (Wildman–Crippen MR) is 82.7 cm³/mol. The first-order valence-electron chi connectivity index (χ1n) is 6.75. The van der Waals surface area contributed by atoms with Gasteiger partial charge >= 0.3 is 0 Å². The molecule has 0 saturated carbocycles. The zero-order valence-electron chi connectivity index (χ0n) is 12.2. The summed E-state index contributed by atoms with van der Waals surface area (Å²) in [7, 11) is -1.55. The Labute approximate surface area is 127 Å². The molecule has 1 N–H and O–H groups in total. The second-order valence-electron chi connectivity index (χ2n) is 5.16. The average molecular weight is 321 g/mol. The molecular formula is C14H15N3O4S. The maximum atomic E-state index is 12.1.